The molecule has 0 N–H and O–H groups in total. The van der Waals surface area contributed by atoms with Gasteiger partial charge in [-0.2, -0.15) is 0 Å². The van der Waals surface area contributed by atoms with E-state index in [0.717, 1.165) is 18.4 Å². The zero-order valence-corrected chi connectivity index (χ0v) is 14.7. The van der Waals surface area contributed by atoms with Crippen molar-refractivity contribution in [1.82, 2.24) is 0 Å². The highest BCUT2D eigenvalue weighted by molar-refractivity contribution is 6.38. The summed E-state index contributed by atoms with van der Waals surface area (Å²) >= 11 is 24.1. The molecule has 0 saturated carbocycles. The minimum Gasteiger partial charge on any atom is -0.420 e. The molecule has 0 unspecified atom stereocenters. The first-order chi connectivity index (χ1) is 10.4. The Balaban J connectivity index is 2.28. The SMILES string of the molecule is CCCc1cc(Cl)c(OC(=O)c2ccc(Cl)cc2Cl)c(Cl)c1. The molecule has 2 aromatic rings. The van der Waals surface area contributed by atoms with Crippen LogP contribution in [0.3, 0.4) is 0 Å². The number of benzene rings is 2. The molecule has 0 aliphatic rings. The number of hydrogen-bond donors (Lipinski definition) is 0. The normalized spacial score (nSPS) is 10.6. The van der Waals surface area contributed by atoms with Gasteiger partial charge in [-0.25, -0.2) is 4.79 Å². The first-order valence-electron chi connectivity index (χ1n) is 6.57. The van der Waals surface area contributed by atoms with Gasteiger partial charge in [0.05, 0.1) is 20.6 Å². The third kappa shape index (κ3) is 4.08. The van der Waals surface area contributed by atoms with Crippen molar-refractivity contribution in [2.24, 2.45) is 0 Å². The lowest BCUT2D eigenvalue weighted by atomic mass is 10.1. The van der Waals surface area contributed by atoms with Gasteiger partial charge in [0.2, 0.25) is 0 Å². The molecule has 2 aromatic carbocycles. The van der Waals surface area contributed by atoms with Crippen molar-refractivity contribution in [3.8, 4) is 5.75 Å². The minimum absolute atomic E-state index is 0.124. The molecule has 2 rings (SSSR count). The van der Waals surface area contributed by atoms with Crippen molar-refractivity contribution < 1.29 is 9.53 Å². The van der Waals surface area contributed by atoms with Crippen molar-refractivity contribution in [2.75, 3.05) is 0 Å². The second kappa shape index (κ2) is 7.56. The van der Waals surface area contributed by atoms with E-state index in [2.05, 4.69) is 6.92 Å². The molecular weight excluding hydrogens is 366 g/mol. The Morgan fingerprint density at radius 1 is 1.00 bits per heavy atom. The third-order valence-electron chi connectivity index (χ3n) is 2.94. The van der Waals surface area contributed by atoms with Crippen LogP contribution in [-0.2, 0) is 6.42 Å². The summed E-state index contributed by atoms with van der Waals surface area (Å²) in [5.74, 6) is -0.520. The van der Waals surface area contributed by atoms with E-state index >= 15 is 0 Å². The van der Waals surface area contributed by atoms with E-state index in [1.54, 1.807) is 18.2 Å². The maximum Gasteiger partial charge on any atom is 0.345 e. The van der Waals surface area contributed by atoms with Gasteiger partial charge in [-0.1, -0.05) is 59.7 Å². The first kappa shape index (κ1) is 17.4. The Bertz CT molecular complexity index is 690. The number of hydrogen-bond acceptors (Lipinski definition) is 2. The molecule has 116 valence electrons. The summed E-state index contributed by atoms with van der Waals surface area (Å²) in [6.07, 6.45) is 1.81. The van der Waals surface area contributed by atoms with Crippen LogP contribution < -0.4 is 4.74 Å². The van der Waals surface area contributed by atoms with Crippen LogP contribution >= 0.6 is 46.4 Å². The Kier molecular flexibility index (Phi) is 5.99. The number of carbonyl (C=O) groups is 1. The summed E-state index contributed by atoms with van der Waals surface area (Å²) < 4.78 is 5.29. The van der Waals surface area contributed by atoms with Crippen molar-refractivity contribution in [3.05, 3.63) is 61.5 Å². The summed E-state index contributed by atoms with van der Waals surface area (Å²) in [5.41, 5.74) is 1.18. The quantitative estimate of drug-likeness (QED) is 0.450. The molecule has 22 heavy (non-hydrogen) atoms. The van der Waals surface area contributed by atoms with E-state index < -0.39 is 5.97 Å². The van der Waals surface area contributed by atoms with Crippen LogP contribution in [0.4, 0.5) is 0 Å². The Morgan fingerprint density at radius 2 is 1.64 bits per heavy atom. The van der Waals surface area contributed by atoms with E-state index in [-0.39, 0.29) is 26.4 Å². The molecule has 0 fully saturated rings. The zero-order chi connectivity index (χ0) is 16.3. The number of halogens is 4. The Labute approximate surface area is 148 Å². The van der Waals surface area contributed by atoms with Crippen LogP contribution in [0.1, 0.15) is 29.3 Å². The third-order valence-corrected chi connectivity index (χ3v) is 4.05. The van der Waals surface area contributed by atoms with Gasteiger partial charge in [0.15, 0.2) is 5.75 Å². The van der Waals surface area contributed by atoms with Gasteiger partial charge in [0, 0.05) is 5.02 Å². The van der Waals surface area contributed by atoms with Gasteiger partial charge < -0.3 is 4.74 Å². The topological polar surface area (TPSA) is 26.3 Å². The minimum atomic E-state index is -0.645. The fourth-order valence-corrected chi connectivity index (χ4v) is 3.04. The Morgan fingerprint density at radius 3 is 2.18 bits per heavy atom. The highest BCUT2D eigenvalue weighted by Gasteiger charge is 2.17. The van der Waals surface area contributed by atoms with Crippen LogP contribution in [0.5, 0.6) is 5.75 Å². The fraction of sp³-hybridized carbons (Fsp3) is 0.188. The monoisotopic (exact) mass is 376 g/mol. The van der Waals surface area contributed by atoms with E-state index in [1.807, 2.05) is 0 Å². The molecule has 0 radical (unpaired) electrons. The van der Waals surface area contributed by atoms with Crippen molar-refractivity contribution >= 4 is 52.4 Å². The van der Waals surface area contributed by atoms with Crippen molar-refractivity contribution in [3.63, 3.8) is 0 Å². The number of rotatable bonds is 4. The predicted molar refractivity (Wildman–Crippen MR) is 91.9 cm³/mol. The fourth-order valence-electron chi connectivity index (χ4n) is 1.95. The molecule has 0 spiro atoms. The second-order valence-corrected chi connectivity index (χ2v) is 6.31. The maximum absolute atomic E-state index is 12.2. The van der Waals surface area contributed by atoms with Crippen molar-refractivity contribution in [2.45, 2.75) is 19.8 Å². The van der Waals surface area contributed by atoms with Crippen LogP contribution in [0.25, 0.3) is 0 Å². The van der Waals surface area contributed by atoms with E-state index in [0.29, 0.717) is 5.02 Å². The molecule has 6 heteroatoms. The average molecular weight is 378 g/mol. The second-order valence-electron chi connectivity index (χ2n) is 4.65. The lowest BCUT2D eigenvalue weighted by Gasteiger charge is -2.11. The lowest BCUT2D eigenvalue weighted by Crippen LogP contribution is -2.10. The zero-order valence-electron chi connectivity index (χ0n) is 11.6. The lowest BCUT2D eigenvalue weighted by molar-refractivity contribution is 0.0735. The van der Waals surface area contributed by atoms with E-state index in [9.17, 15) is 4.79 Å². The van der Waals surface area contributed by atoms with Gasteiger partial charge in [-0.05, 0) is 42.3 Å². The highest BCUT2D eigenvalue weighted by atomic mass is 35.5. The van der Waals surface area contributed by atoms with Crippen LogP contribution in [0.2, 0.25) is 20.1 Å². The summed E-state index contributed by atoms with van der Waals surface area (Å²) in [6, 6.07) is 7.98. The van der Waals surface area contributed by atoms with E-state index in [1.165, 1.54) is 12.1 Å². The molecule has 0 saturated heterocycles. The van der Waals surface area contributed by atoms with Gasteiger partial charge in [0.1, 0.15) is 0 Å². The molecule has 0 amide bonds. The molecule has 0 bridgehead atoms. The predicted octanol–water partition coefficient (Wildman–Crippen LogP) is 6.47. The molecule has 0 heterocycles. The first-order valence-corrected chi connectivity index (χ1v) is 8.08. The Hall–Kier alpha value is -0.930. The number of carbonyl (C=O) groups excluding carboxylic acids is 1. The summed E-state index contributed by atoms with van der Waals surface area (Å²) in [6.45, 7) is 2.05. The van der Waals surface area contributed by atoms with Gasteiger partial charge in [-0.15, -0.1) is 0 Å². The van der Waals surface area contributed by atoms with Crippen LogP contribution in [0, 0.1) is 0 Å². The summed E-state index contributed by atoms with van der Waals surface area (Å²) in [7, 11) is 0. The standard InChI is InChI=1S/C16H12Cl4O2/c1-2-3-9-6-13(19)15(14(20)7-9)22-16(21)11-5-4-10(17)8-12(11)18/h4-8H,2-3H2,1H3. The molecule has 0 aromatic heterocycles. The number of esters is 1. The summed E-state index contributed by atoms with van der Waals surface area (Å²) in [4.78, 5) is 12.2. The molecule has 0 aliphatic carbocycles. The van der Waals surface area contributed by atoms with Gasteiger partial charge in [-0.3, -0.25) is 0 Å². The smallest absolute Gasteiger partial charge is 0.345 e. The number of aryl methyl sites for hydroxylation is 1. The van der Waals surface area contributed by atoms with Gasteiger partial charge in [0.25, 0.3) is 0 Å². The van der Waals surface area contributed by atoms with E-state index in [4.69, 9.17) is 51.1 Å². The van der Waals surface area contributed by atoms with Gasteiger partial charge >= 0.3 is 5.97 Å². The molecule has 0 aliphatic heterocycles. The molecule has 2 nitrogen and oxygen atoms in total. The molecule has 0 atom stereocenters. The van der Waals surface area contributed by atoms with Crippen LogP contribution in [-0.4, -0.2) is 5.97 Å². The number of ether oxygens (including phenoxy) is 1. The van der Waals surface area contributed by atoms with Crippen LogP contribution in [0.15, 0.2) is 30.3 Å². The summed E-state index contributed by atoms with van der Waals surface area (Å²) in [5, 5.41) is 1.21. The largest absolute Gasteiger partial charge is 0.420 e. The highest BCUT2D eigenvalue weighted by Crippen LogP contribution is 2.35. The van der Waals surface area contributed by atoms with Crippen molar-refractivity contribution in [1.29, 1.82) is 0 Å². The molecular formula is C16H12Cl4O2. The maximum atomic E-state index is 12.2. The average Bonchev–Trinajstić information content (AvgIpc) is 2.43.